The Hall–Kier alpha value is -0.180. The van der Waals surface area contributed by atoms with Gasteiger partial charge in [0.1, 0.15) is 0 Å². The molecule has 0 unspecified atom stereocenters. The van der Waals surface area contributed by atoms with E-state index in [0.717, 1.165) is 13.0 Å². The van der Waals surface area contributed by atoms with E-state index in [4.69, 9.17) is 0 Å². The van der Waals surface area contributed by atoms with Gasteiger partial charge in [0.25, 0.3) is 5.24 Å². The van der Waals surface area contributed by atoms with Crippen LogP contribution in [0, 0.1) is 0 Å². The zero-order valence-electron chi connectivity index (χ0n) is 7.34. The van der Waals surface area contributed by atoms with E-state index in [2.05, 4.69) is 19.6 Å². The van der Waals surface area contributed by atoms with E-state index in [-0.39, 0.29) is 5.24 Å². The molecule has 0 saturated carbocycles. The highest BCUT2D eigenvalue weighted by Crippen LogP contribution is 2.01. The third-order valence-electron chi connectivity index (χ3n) is 1.67. The summed E-state index contributed by atoms with van der Waals surface area (Å²) < 4.78 is 0. The van der Waals surface area contributed by atoms with E-state index < -0.39 is 0 Å². The molecule has 0 bridgehead atoms. The Labute approximate surface area is 74.4 Å². The van der Waals surface area contributed by atoms with Crippen molar-refractivity contribution in [2.45, 2.75) is 32.6 Å². The highest BCUT2D eigenvalue weighted by Gasteiger charge is 2.00. The standard InChI is InChI=1S/C8H17NOS/c1-3-4-5-6-7-9(2)8(10)11/h3-7H2,1-2H3,(H,10,11). The van der Waals surface area contributed by atoms with E-state index in [1.807, 2.05) is 0 Å². The molecule has 0 aliphatic rings. The van der Waals surface area contributed by atoms with Crippen LogP contribution in [-0.2, 0) is 0 Å². The zero-order valence-corrected chi connectivity index (χ0v) is 8.23. The molecule has 0 radical (unpaired) electrons. The molecular weight excluding hydrogens is 158 g/mol. The normalized spacial score (nSPS) is 9.73. The molecule has 0 aliphatic heterocycles. The number of carbonyl (C=O) groups excluding carboxylic acids is 1. The number of thiol groups is 1. The van der Waals surface area contributed by atoms with Crippen LogP contribution in [-0.4, -0.2) is 23.7 Å². The van der Waals surface area contributed by atoms with Crippen LogP contribution < -0.4 is 0 Å². The second kappa shape index (κ2) is 6.53. The van der Waals surface area contributed by atoms with Gasteiger partial charge in [-0.1, -0.05) is 38.8 Å². The minimum absolute atomic E-state index is 0.138. The Morgan fingerprint density at radius 1 is 1.36 bits per heavy atom. The molecule has 0 N–H and O–H groups in total. The molecule has 0 atom stereocenters. The van der Waals surface area contributed by atoms with Crippen molar-refractivity contribution in [3.63, 3.8) is 0 Å². The van der Waals surface area contributed by atoms with Gasteiger partial charge in [-0.25, -0.2) is 0 Å². The van der Waals surface area contributed by atoms with Crippen LogP contribution in [0.1, 0.15) is 32.6 Å². The highest BCUT2D eigenvalue weighted by atomic mass is 32.1. The molecule has 66 valence electrons. The van der Waals surface area contributed by atoms with Gasteiger partial charge in [0, 0.05) is 13.6 Å². The van der Waals surface area contributed by atoms with Crippen LogP contribution in [0.15, 0.2) is 0 Å². The molecule has 0 heterocycles. The highest BCUT2D eigenvalue weighted by molar-refractivity contribution is 7.96. The summed E-state index contributed by atoms with van der Waals surface area (Å²) in [6.07, 6.45) is 4.80. The van der Waals surface area contributed by atoms with Crippen LogP contribution in [0.2, 0.25) is 0 Å². The van der Waals surface area contributed by atoms with Crippen molar-refractivity contribution in [2.75, 3.05) is 13.6 Å². The maximum atomic E-state index is 10.6. The summed E-state index contributed by atoms with van der Waals surface area (Å²) in [7, 11) is 1.78. The smallest absolute Gasteiger partial charge is 0.278 e. The van der Waals surface area contributed by atoms with Crippen molar-refractivity contribution in [2.24, 2.45) is 0 Å². The first-order valence-electron chi connectivity index (χ1n) is 4.12. The Morgan fingerprint density at radius 2 is 2.00 bits per heavy atom. The van der Waals surface area contributed by atoms with E-state index in [1.165, 1.54) is 19.3 Å². The summed E-state index contributed by atoms with van der Waals surface area (Å²) >= 11 is 3.71. The maximum absolute atomic E-state index is 10.6. The van der Waals surface area contributed by atoms with Crippen molar-refractivity contribution in [1.29, 1.82) is 0 Å². The average molecular weight is 175 g/mol. The number of rotatable bonds is 5. The van der Waals surface area contributed by atoms with Crippen LogP contribution in [0.25, 0.3) is 0 Å². The van der Waals surface area contributed by atoms with Crippen molar-refractivity contribution in [3.05, 3.63) is 0 Å². The first kappa shape index (κ1) is 10.8. The SMILES string of the molecule is CCCCCCN(C)C(=O)S. The van der Waals surface area contributed by atoms with Crippen LogP contribution in [0.3, 0.4) is 0 Å². The molecule has 0 saturated heterocycles. The van der Waals surface area contributed by atoms with Gasteiger partial charge >= 0.3 is 0 Å². The van der Waals surface area contributed by atoms with Crippen molar-refractivity contribution < 1.29 is 4.79 Å². The summed E-state index contributed by atoms with van der Waals surface area (Å²) in [6.45, 7) is 3.01. The molecule has 2 nitrogen and oxygen atoms in total. The van der Waals surface area contributed by atoms with Crippen molar-refractivity contribution in [1.82, 2.24) is 4.90 Å². The molecular formula is C8H17NOS. The summed E-state index contributed by atoms with van der Waals surface area (Å²) in [4.78, 5) is 12.2. The lowest BCUT2D eigenvalue weighted by atomic mass is 10.2. The fourth-order valence-electron chi connectivity index (χ4n) is 0.871. The Balaban J connectivity index is 3.17. The summed E-state index contributed by atoms with van der Waals surface area (Å²) in [5.41, 5.74) is 0. The van der Waals surface area contributed by atoms with E-state index >= 15 is 0 Å². The van der Waals surface area contributed by atoms with E-state index in [9.17, 15) is 4.79 Å². The monoisotopic (exact) mass is 175 g/mol. The second-order valence-electron chi connectivity index (χ2n) is 2.76. The first-order chi connectivity index (χ1) is 5.18. The van der Waals surface area contributed by atoms with Gasteiger partial charge < -0.3 is 4.90 Å². The van der Waals surface area contributed by atoms with Gasteiger partial charge in [0.15, 0.2) is 0 Å². The Kier molecular flexibility index (Phi) is 6.42. The zero-order chi connectivity index (χ0) is 8.69. The molecule has 3 heteroatoms. The van der Waals surface area contributed by atoms with E-state index in [1.54, 1.807) is 11.9 Å². The van der Waals surface area contributed by atoms with E-state index in [0.29, 0.717) is 0 Å². The maximum Gasteiger partial charge on any atom is 0.278 e. The van der Waals surface area contributed by atoms with Crippen LogP contribution in [0.5, 0.6) is 0 Å². The van der Waals surface area contributed by atoms with Crippen LogP contribution >= 0.6 is 12.6 Å². The topological polar surface area (TPSA) is 20.3 Å². The lowest BCUT2D eigenvalue weighted by molar-refractivity contribution is 0.233. The molecule has 0 fully saturated rings. The molecule has 0 aromatic rings. The molecule has 1 amide bonds. The predicted octanol–water partition coefficient (Wildman–Crippen LogP) is 2.55. The van der Waals surface area contributed by atoms with Gasteiger partial charge in [0.05, 0.1) is 0 Å². The minimum Gasteiger partial charge on any atom is -0.337 e. The molecule has 0 aromatic heterocycles. The Morgan fingerprint density at radius 3 is 2.45 bits per heavy atom. The largest absolute Gasteiger partial charge is 0.337 e. The molecule has 0 aliphatic carbocycles. The third-order valence-corrected chi connectivity index (χ3v) is 2.02. The Bertz CT molecular complexity index is 117. The third kappa shape index (κ3) is 6.23. The summed E-state index contributed by atoms with van der Waals surface area (Å²) in [6, 6.07) is 0. The number of nitrogens with zero attached hydrogens (tertiary/aromatic N) is 1. The summed E-state index contributed by atoms with van der Waals surface area (Å²) in [5, 5.41) is -0.138. The number of unbranched alkanes of at least 4 members (excludes halogenated alkanes) is 3. The lowest BCUT2D eigenvalue weighted by Gasteiger charge is -2.12. The molecule has 11 heavy (non-hydrogen) atoms. The quantitative estimate of drug-likeness (QED) is 0.503. The first-order valence-corrected chi connectivity index (χ1v) is 4.57. The average Bonchev–Trinajstić information content (AvgIpc) is 1.97. The van der Waals surface area contributed by atoms with Gasteiger partial charge in [-0.2, -0.15) is 0 Å². The molecule has 0 rings (SSSR count). The number of amides is 1. The van der Waals surface area contributed by atoms with Gasteiger partial charge in [-0.3, -0.25) is 4.79 Å². The fourth-order valence-corrected chi connectivity index (χ4v) is 0.971. The molecule has 0 spiro atoms. The van der Waals surface area contributed by atoms with Gasteiger partial charge in [-0.05, 0) is 6.42 Å². The van der Waals surface area contributed by atoms with Gasteiger partial charge in [-0.15, -0.1) is 0 Å². The lowest BCUT2D eigenvalue weighted by Crippen LogP contribution is -2.21. The number of hydrogen-bond donors (Lipinski definition) is 1. The number of carbonyl (C=O) groups is 1. The predicted molar refractivity (Wildman–Crippen MR) is 51.2 cm³/mol. The molecule has 0 aromatic carbocycles. The minimum atomic E-state index is -0.138. The van der Waals surface area contributed by atoms with Gasteiger partial charge in [0.2, 0.25) is 0 Å². The summed E-state index contributed by atoms with van der Waals surface area (Å²) in [5.74, 6) is 0. The second-order valence-corrected chi connectivity index (χ2v) is 3.15. The van der Waals surface area contributed by atoms with Crippen LogP contribution in [0.4, 0.5) is 4.79 Å². The van der Waals surface area contributed by atoms with Crippen molar-refractivity contribution >= 4 is 17.9 Å². The fraction of sp³-hybridized carbons (Fsp3) is 0.875. The van der Waals surface area contributed by atoms with Crippen molar-refractivity contribution in [3.8, 4) is 0 Å². The number of hydrogen-bond acceptors (Lipinski definition) is 1.